The zero-order valence-electron chi connectivity index (χ0n) is 5.91. The number of rotatable bonds is 0. The van der Waals surface area contributed by atoms with Gasteiger partial charge in [0.1, 0.15) is 7.05 Å². The van der Waals surface area contributed by atoms with Crippen molar-refractivity contribution in [1.29, 1.82) is 0 Å². The zero-order chi connectivity index (χ0) is 7.11. The van der Waals surface area contributed by atoms with Crippen molar-refractivity contribution < 1.29 is 4.57 Å². The summed E-state index contributed by atoms with van der Waals surface area (Å²) in [5.74, 6) is 0. The minimum absolute atomic E-state index is 1.50. The van der Waals surface area contributed by atoms with Crippen molar-refractivity contribution in [2.24, 2.45) is 12.8 Å². The maximum absolute atomic E-state index is 4.50. The van der Waals surface area contributed by atoms with E-state index in [1.54, 1.807) is 0 Å². The van der Waals surface area contributed by atoms with Gasteiger partial charge in [-0.25, -0.2) is 4.57 Å². The molecule has 0 radical (unpaired) electrons. The lowest BCUT2D eigenvalue weighted by Crippen LogP contribution is -2.25. The van der Waals surface area contributed by atoms with Crippen LogP contribution in [0.3, 0.4) is 0 Å². The first kappa shape index (κ1) is 8.11. The third kappa shape index (κ3) is 3.67. The van der Waals surface area contributed by atoms with Crippen LogP contribution in [0.25, 0.3) is 0 Å². The van der Waals surface area contributed by atoms with Crippen LogP contribution in [0.4, 0.5) is 0 Å². The molecule has 0 saturated carbocycles. The van der Waals surface area contributed by atoms with Crippen molar-refractivity contribution >= 4 is 0 Å². The number of nitrogens with two attached hydrogens (primary N) is 1. The fourth-order valence-corrected chi connectivity index (χ4v) is 0.485. The number of pyridine rings is 1. The van der Waals surface area contributed by atoms with E-state index in [9.17, 15) is 0 Å². The Labute approximate surface area is 55.9 Å². The fourth-order valence-electron chi connectivity index (χ4n) is 0.485. The Bertz CT molecular complexity index is 137. The Hall–Kier alpha value is -0.890. The molecule has 0 fully saturated rings. The highest BCUT2D eigenvalue weighted by Crippen LogP contribution is 1.71. The van der Waals surface area contributed by atoms with E-state index in [-0.39, 0.29) is 0 Å². The van der Waals surface area contributed by atoms with Gasteiger partial charge in [0, 0.05) is 12.1 Å². The first-order chi connectivity index (χ1) is 4.39. The highest BCUT2D eigenvalue weighted by Gasteiger charge is 1.78. The van der Waals surface area contributed by atoms with Gasteiger partial charge in [0.2, 0.25) is 0 Å². The molecule has 0 aliphatic rings. The molecule has 0 saturated heterocycles. The summed E-state index contributed by atoms with van der Waals surface area (Å²) in [5.41, 5.74) is 4.50. The molecule has 2 N–H and O–H groups in total. The van der Waals surface area contributed by atoms with Gasteiger partial charge < -0.3 is 5.73 Å². The van der Waals surface area contributed by atoms with Gasteiger partial charge in [0.25, 0.3) is 0 Å². The Morgan fingerprint density at radius 1 is 1.00 bits per heavy atom. The van der Waals surface area contributed by atoms with Gasteiger partial charge in [0.05, 0.1) is 0 Å². The van der Waals surface area contributed by atoms with E-state index in [1.807, 2.05) is 42.2 Å². The molecule has 50 valence electrons. The summed E-state index contributed by atoms with van der Waals surface area (Å²) in [5, 5.41) is 0. The van der Waals surface area contributed by atoms with Gasteiger partial charge in [-0.3, -0.25) is 0 Å². The number of hydrogen-bond donors (Lipinski definition) is 1. The molecule has 0 bridgehead atoms. The Morgan fingerprint density at radius 2 is 1.44 bits per heavy atom. The van der Waals surface area contributed by atoms with E-state index in [1.165, 1.54) is 7.05 Å². The Morgan fingerprint density at radius 3 is 1.67 bits per heavy atom. The van der Waals surface area contributed by atoms with Crippen molar-refractivity contribution in [2.45, 2.75) is 0 Å². The standard InChI is InChI=1S/C6H8N.CH5N/c1-7-5-3-2-4-6-7;1-2/h2-6H,1H3;2H2,1H3/q+1;. The van der Waals surface area contributed by atoms with Gasteiger partial charge in [-0.1, -0.05) is 6.07 Å². The van der Waals surface area contributed by atoms with E-state index in [2.05, 4.69) is 5.73 Å². The Kier molecular flexibility index (Phi) is 4.73. The molecule has 1 aromatic rings. The second-order valence-corrected chi connectivity index (χ2v) is 1.54. The molecule has 1 aromatic heterocycles. The number of aryl methyl sites for hydroxylation is 1. The van der Waals surface area contributed by atoms with E-state index in [4.69, 9.17) is 0 Å². The van der Waals surface area contributed by atoms with Gasteiger partial charge in [-0.15, -0.1) is 0 Å². The van der Waals surface area contributed by atoms with Gasteiger partial charge in [-0.2, -0.15) is 0 Å². The lowest BCUT2D eigenvalue weighted by atomic mass is 10.5. The van der Waals surface area contributed by atoms with Crippen molar-refractivity contribution in [3.05, 3.63) is 30.6 Å². The molecule has 2 heteroatoms. The second kappa shape index (κ2) is 5.25. The normalized spacial score (nSPS) is 7.44. The molecule has 0 aliphatic carbocycles. The summed E-state index contributed by atoms with van der Waals surface area (Å²) in [6.45, 7) is 0. The van der Waals surface area contributed by atoms with Crippen molar-refractivity contribution in [3.63, 3.8) is 0 Å². The lowest BCUT2D eigenvalue weighted by molar-refractivity contribution is -0.671. The number of nitrogens with zero attached hydrogens (tertiary/aromatic N) is 1. The monoisotopic (exact) mass is 125 g/mol. The Balaban J connectivity index is 0.000000291. The van der Waals surface area contributed by atoms with Crippen LogP contribution >= 0.6 is 0 Å². The van der Waals surface area contributed by atoms with Crippen LogP contribution in [0.15, 0.2) is 30.6 Å². The second-order valence-electron chi connectivity index (χ2n) is 1.54. The molecule has 1 rings (SSSR count). The summed E-state index contributed by atoms with van der Waals surface area (Å²) in [4.78, 5) is 0. The molecule has 1 heterocycles. The molecule has 0 aliphatic heterocycles. The highest BCUT2D eigenvalue weighted by molar-refractivity contribution is 4.83. The average molecular weight is 125 g/mol. The molecular formula is C7H13N2+. The minimum atomic E-state index is 1.50. The first-order valence-electron chi connectivity index (χ1n) is 2.87. The fraction of sp³-hybridized carbons (Fsp3) is 0.286. The smallest absolute Gasteiger partial charge is 0.168 e. The lowest BCUT2D eigenvalue weighted by Gasteiger charge is -1.77. The predicted molar refractivity (Wildman–Crippen MR) is 37.7 cm³/mol. The summed E-state index contributed by atoms with van der Waals surface area (Å²) >= 11 is 0. The molecular weight excluding hydrogens is 112 g/mol. The maximum atomic E-state index is 4.50. The predicted octanol–water partition coefficient (Wildman–Crippen LogP) is 0.0860. The molecule has 0 aromatic carbocycles. The van der Waals surface area contributed by atoms with Crippen molar-refractivity contribution in [3.8, 4) is 0 Å². The third-order valence-corrected chi connectivity index (χ3v) is 0.865. The molecule has 0 spiro atoms. The molecule has 0 atom stereocenters. The van der Waals surface area contributed by atoms with Crippen LogP contribution in [0.2, 0.25) is 0 Å². The minimum Gasteiger partial charge on any atom is -0.333 e. The summed E-state index contributed by atoms with van der Waals surface area (Å²) in [6.07, 6.45) is 4.00. The SMILES string of the molecule is CN.C[n+]1ccccc1. The summed E-state index contributed by atoms with van der Waals surface area (Å²) in [6, 6.07) is 6.00. The molecule has 2 nitrogen and oxygen atoms in total. The van der Waals surface area contributed by atoms with E-state index in [0.29, 0.717) is 0 Å². The topological polar surface area (TPSA) is 29.9 Å². The number of hydrogen-bond acceptors (Lipinski definition) is 1. The quantitative estimate of drug-likeness (QED) is 0.489. The summed E-state index contributed by atoms with van der Waals surface area (Å²) < 4.78 is 2.00. The third-order valence-electron chi connectivity index (χ3n) is 0.865. The van der Waals surface area contributed by atoms with Crippen LogP contribution in [0, 0.1) is 0 Å². The highest BCUT2D eigenvalue weighted by atomic mass is 14.9. The largest absolute Gasteiger partial charge is 0.333 e. The van der Waals surface area contributed by atoms with Crippen LogP contribution in [0.1, 0.15) is 0 Å². The molecule has 9 heavy (non-hydrogen) atoms. The van der Waals surface area contributed by atoms with Crippen LogP contribution in [0.5, 0.6) is 0 Å². The van der Waals surface area contributed by atoms with Crippen LogP contribution < -0.4 is 10.3 Å². The first-order valence-corrected chi connectivity index (χ1v) is 2.87. The van der Waals surface area contributed by atoms with E-state index >= 15 is 0 Å². The average Bonchev–Trinajstić information content (AvgIpc) is 1.94. The van der Waals surface area contributed by atoms with Gasteiger partial charge in [0.15, 0.2) is 12.4 Å². The van der Waals surface area contributed by atoms with Crippen molar-refractivity contribution in [1.82, 2.24) is 0 Å². The van der Waals surface area contributed by atoms with Gasteiger partial charge >= 0.3 is 0 Å². The summed E-state index contributed by atoms with van der Waals surface area (Å²) in [7, 11) is 3.50. The van der Waals surface area contributed by atoms with Crippen LogP contribution in [-0.4, -0.2) is 7.05 Å². The van der Waals surface area contributed by atoms with Gasteiger partial charge in [-0.05, 0) is 7.05 Å². The number of aromatic nitrogens is 1. The van der Waals surface area contributed by atoms with Crippen molar-refractivity contribution in [2.75, 3.05) is 7.05 Å². The zero-order valence-corrected chi connectivity index (χ0v) is 5.91. The van der Waals surface area contributed by atoms with E-state index < -0.39 is 0 Å². The maximum Gasteiger partial charge on any atom is 0.168 e. The van der Waals surface area contributed by atoms with Crippen LogP contribution in [-0.2, 0) is 7.05 Å². The van der Waals surface area contributed by atoms with E-state index in [0.717, 1.165) is 0 Å². The molecule has 0 unspecified atom stereocenters. The molecule has 0 amide bonds.